The molecule has 0 amide bonds. The zero-order chi connectivity index (χ0) is 20.4. The highest BCUT2D eigenvalue weighted by molar-refractivity contribution is 7.89. The molecule has 1 atom stereocenters. The van der Waals surface area contributed by atoms with Gasteiger partial charge in [-0.15, -0.1) is 0 Å². The fourth-order valence-corrected chi connectivity index (χ4v) is 4.71. The zero-order valence-electron chi connectivity index (χ0n) is 17.2. The lowest BCUT2D eigenvalue weighted by molar-refractivity contribution is 0.371. The van der Waals surface area contributed by atoms with E-state index >= 15 is 0 Å². The molecule has 0 spiro atoms. The van der Waals surface area contributed by atoms with Crippen LogP contribution in [0.15, 0.2) is 9.42 Å². The SMILES string of the molecule is CNC(C)Cc1noc(CCNS(=O)(=O)c2c(C)c(C)c(C)c(C)c2C)n1. The van der Waals surface area contributed by atoms with Crippen LogP contribution in [0, 0.1) is 34.6 Å². The Morgan fingerprint density at radius 1 is 1.00 bits per heavy atom. The van der Waals surface area contributed by atoms with Gasteiger partial charge in [0.15, 0.2) is 5.82 Å². The summed E-state index contributed by atoms with van der Waals surface area (Å²) in [5.41, 5.74) is 4.75. The molecule has 7 nitrogen and oxygen atoms in total. The van der Waals surface area contributed by atoms with Crippen LogP contribution >= 0.6 is 0 Å². The number of nitrogens with one attached hydrogen (secondary N) is 2. The Labute approximate surface area is 162 Å². The van der Waals surface area contributed by atoms with E-state index in [1.165, 1.54) is 0 Å². The van der Waals surface area contributed by atoms with Crippen molar-refractivity contribution in [3.05, 3.63) is 39.5 Å². The maximum absolute atomic E-state index is 12.9. The molecule has 1 unspecified atom stereocenters. The highest BCUT2D eigenvalue weighted by Gasteiger charge is 2.23. The van der Waals surface area contributed by atoms with E-state index in [-0.39, 0.29) is 12.6 Å². The minimum Gasteiger partial charge on any atom is -0.339 e. The van der Waals surface area contributed by atoms with Crippen LogP contribution in [0.25, 0.3) is 0 Å². The van der Waals surface area contributed by atoms with Gasteiger partial charge in [0.05, 0.1) is 4.90 Å². The van der Waals surface area contributed by atoms with Gasteiger partial charge in [-0.3, -0.25) is 0 Å². The first-order chi connectivity index (χ1) is 12.6. The number of nitrogens with zero attached hydrogens (tertiary/aromatic N) is 2. The molecule has 1 aromatic heterocycles. The highest BCUT2D eigenvalue weighted by atomic mass is 32.2. The lowest BCUT2D eigenvalue weighted by atomic mass is 9.95. The maximum atomic E-state index is 12.9. The van der Waals surface area contributed by atoms with E-state index < -0.39 is 10.0 Å². The summed E-state index contributed by atoms with van der Waals surface area (Å²) in [6.07, 6.45) is 1.01. The molecule has 2 N–H and O–H groups in total. The van der Waals surface area contributed by atoms with Gasteiger partial charge in [0.25, 0.3) is 0 Å². The first kappa shape index (κ1) is 21.5. The van der Waals surface area contributed by atoms with Crippen LogP contribution in [0.1, 0.15) is 46.5 Å². The van der Waals surface area contributed by atoms with E-state index in [2.05, 4.69) is 20.2 Å². The second-order valence-corrected chi connectivity index (χ2v) is 8.80. The second-order valence-electron chi connectivity index (χ2n) is 7.10. The van der Waals surface area contributed by atoms with Gasteiger partial charge in [0, 0.05) is 25.4 Å². The van der Waals surface area contributed by atoms with Crippen LogP contribution < -0.4 is 10.0 Å². The molecule has 2 aromatic rings. The van der Waals surface area contributed by atoms with Gasteiger partial charge in [-0.2, -0.15) is 4.98 Å². The summed E-state index contributed by atoms with van der Waals surface area (Å²) in [5.74, 6) is 1.05. The van der Waals surface area contributed by atoms with Crippen molar-refractivity contribution in [3.63, 3.8) is 0 Å². The fraction of sp³-hybridized carbons (Fsp3) is 0.579. The van der Waals surface area contributed by atoms with Crippen molar-refractivity contribution in [1.82, 2.24) is 20.2 Å². The molecule has 0 radical (unpaired) electrons. The van der Waals surface area contributed by atoms with Crippen LogP contribution in [-0.4, -0.2) is 38.2 Å². The molecule has 2 rings (SSSR count). The summed E-state index contributed by atoms with van der Waals surface area (Å²) in [4.78, 5) is 4.69. The van der Waals surface area contributed by atoms with Crippen molar-refractivity contribution in [3.8, 4) is 0 Å². The molecular formula is C19H30N4O3S. The molecule has 1 heterocycles. The summed E-state index contributed by atoms with van der Waals surface area (Å²) in [6, 6.07) is 0.243. The molecule has 0 aliphatic rings. The number of benzene rings is 1. The van der Waals surface area contributed by atoms with Crippen molar-refractivity contribution in [2.75, 3.05) is 13.6 Å². The predicted octanol–water partition coefficient (Wildman–Crippen LogP) is 2.28. The Morgan fingerprint density at radius 2 is 1.56 bits per heavy atom. The van der Waals surface area contributed by atoms with Gasteiger partial charge in [-0.1, -0.05) is 5.16 Å². The average molecular weight is 395 g/mol. The second kappa shape index (κ2) is 8.50. The van der Waals surface area contributed by atoms with E-state index in [4.69, 9.17) is 4.52 Å². The minimum absolute atomic E-state index is 0.205. The first-order valence-electron chi connectivity index (χ1n) is 9.13. The minimum atomic E-state index is -3.62. The van der Waals surface area contributed by atoms with Gasteiger partial charge in [0.1, 0.15) is 0 Å². The largest absolute Gasteiger partial charge is 0.339 e. The number of hydrogen-bond acceptors (Lipinski definition) is 6. The molecule has 1 aromatic carbocycles. The lowest BCUT2D eigenvalue weighted by Crippen LogP contribution is -2.28. The van der Waals surface area contributed by atoms with Crippen molar-refractivity contribution < 1.29 is 12.9 Å². The number of aromatic nitrogens is 2. The van der Waals surface area contributed by atoms with E-state index in [1.807, 2.05) is 48.6 Å². The van der Waals surface area contributed by atoms with Crippen LogP contribution in [-0.2, 0) is 22.9 Å². The molecular weight excluding hydrogens is 364 g/mol. The Hall–Kier alpha value is -1.77. The number of hydrogen-bond donors (Lipinski definition) is 2. The summed E-state index contributed by atoms with van der Waals surface area (Å²) in [5, 5.41) is 7.05. The van der Waals surface area contributed by atoms with Gasteiger partial charge in [-0.05, 0) is 76.4 Å². The molecule has 0 saturated heterocycles. The van der Waals surface area contributed by atoms with E-state index in [9.17, 15) is 8.42 Å². The summed E-state index contributed by atoms with van der Waals surface area (Å²) in [6.45, 7) is 11.9. The molecule has 0 bridgehead atoms. The third-order valence-electron chi connectivity index (χ3n) is 5.32. The van der Waals surface area contributed by atoms with Crippen molar-refractivity contribution >= 4 is 10.0 Å². The average Bonchev–Trinajstić information content (AvgIpc) is 3.05. The fourth-order valence-electron chi connectivity index (χ4n) is 3.08. The third-order valence-corrected chi connectivity index (χ3v) is 7.06. The first-order valence-corrected chi connectivity index (χ1v) is 10.6. The Kier molecular flexibility index (Phi) is 6.77. The van der Waals surface area contributed by atoms with Crippen LogP contribution in [0.4, 0.5) is 0 Å². The highest BCUT2D eigenvalue weighted by Crippen LogP contribution is 2.29. The number of sulfonamides is 1. The lowest BCUT2D eigenvalue weighted by Gasteiger charge is -2.18. The van der Waals surface area contributed by atoms with E-state index in [1.54, 1.807) is 0 Å². The van der Waals surface area contributed by atoms with Gasteiger partial charge in [0.2, 0.25) is 15.9 Å². The van der Waals surface area contributed by atoms with Crippen molar-refractivity contribution in [2.24, 2.45) is 0 Å². The summed E-state index contributed by atoms with van der Waals surface area (Å²) < 4.78 is 33.6. The predicted molar refractivity (Wildman–Crippen MR) is 106 cm³/mol. The van der Waals surface area contributed by atoms with Gasteiger partial charge >= 0.3 is 0 Å². The van der Waals surface area contributed by atoms with E-state index in [0.29, 0.717) is 29.5 Å². The maximum Gasteiger partial charge on any atom is 0.241 e. The zero-order valence-corrected chi connectivity index (χ0v) is 18.0. The van der Waals surface area contributed by atoms with Gasteiger partial charge < -0.3 is 9.84 Å². The Balaban J connectivity index is 2.10. The molecule has 27 heavy (non-hydrogen) atoms. The van der Waals surface area contributed by atoms with Crippen molar-refractivity contribution in [2.45, 2.75) is 65.3 Å². The van der Waals surface area contributed by atoms with Crippen molar-refractivity contribution in [1.29, 1.82) is 0 Å². The molecule has 8 heteroatoms. The normalized spacial score (nSPS) is 13.1. The monoisotopic (exact) mass is 394 g/mol. The Bertz CT molecular complexity index is 890. The van der Waals surface area contributed by atoms with Gasteiger partial charge in [-0.25, -0.2) is 13.1 Å². The molecule has 0 fully saturated rings. The third kappa shape index (κ3) is 4.75. The van der Waals surface area contributed by atoms with E-state index in [0.717, 1.165) is 27.8 Å². The number of likely N-dealkylation sites (N-methyl/N-ethyl adjacent to an activating group) is 1. The van der Waals surface area contributed by atoms with Crippen LogP contribution in [0.3, 0.4) is 0 Å². The molecule has 0 aliphatic heterocycles. The number of rotatable bonds is 8. The molecule has 150 valence electrons. The molecule has 0 saturated carbocycles. The standard InChI is InChI=1S/C19H30N4O3S/c1-11(20-7)10-17-22-18(26-23-17)8-9-21-27(24,25)19-15(5)13(3)12(2)14(4)16(19)6/h11,20-21H,8-10H2,1-7H3. The smallest absolute Gasteiger partial charge is 0.241 e. The topological polar surface area (TPSA) is 97.1 Å². The Morgan fingerprint density at radius 3 is 2.11 bits per heavy atom. The molecule has 0 aliphatic carbocycles. The summed E-state index contributed by atoms with van der Waals surface area (Å²) in [7, 11) is -1.75. The van der Waals surface area contributed by atoms with Crippen LogP contribution in [0.2, 0.25) is 0 Å². The van der Waals surface area contributed by atoms with Crippen LogP contribution in [0.5, 0.6) is 0 Å². The summed E-state index contributed by atoms with van der Waals surface area (Å²) >= 11 is 0. The quantitative estimate of drug-likeness (QED) is 0.713.